The lowest BCUT2D eigenvalue weighted by Gasteiger charge is -2.30. The quantitative estimate of drug-likeness (QED) is 0.0293. The molecule has 0 saturated heterocycles. The molecule has 12 nitrogen and oxygen atoms in total. The van der Waals surface area contributed by atoms with E-state index in [2.05, 4.69) is 58.3 Å². The van der Waals surface area contributed by atoms with Gasteiger partial charge in [-0.3, -0.25) is 24.9 Å². The Kier molecular flexibility index (Phi) is 35.2. The summed E-state index contributed by atoms with van der Waals surface area (Å²) < 4.78 is 0. The van der Waals surface area contributed by atoms with E-state index in [1.54, 1.807) is 0 Å². The molecule has 0 fully saturated rings. The van der Waals surface area contributed by atoms with Gasteiger partial charge in [0, 0.05) is 131 Å². The van der Waals surface area contributed by atoms with Crippen LogP contribution >= 0.6 is 34.7 Å². The molecule has 0 amide bonds. The number of nitrogens with zero attached hydrogens (tertiary/aromatic N) is 4. The molecule has 0 heterocycles. The van der Waals surface area contributed by atoms with Gasteiger partial charge in [0.25, 0.3) is 0 Å². The molecule has 0 aromatic carbocycles. The van der Waals surface area contributed by atoms with Gasteiger partial charge in [-0.1, -0.05) is 24.3 Å². The molecule has 0 bridgehead atoms. The summed E-state index contributed by atoms with van der Waals surface area (Å²) in [6.07, 6.45) is 3.74. The minimum absolute atomic E-state index is 0.677. The van der Waals surface area contributed by atoms with Gasteiger partial charge in [-0.2, -0.15) is 0 Å². The number of hydrogen-bond acceptors (Lipinski definition) is 12. The van der Waals surface area contributed by atoms with E-state index in [4.69, 9.17) is 22.9 Å². The van der Waals surface area contributed by atoms with E-state index in [9.17, 15) is 0 Å². The van der Waals surface area contributed by atoms with Gasteiger partial charge in [-0.25, -0.2) is 0 Å². The molecule has 248 valence electrons. The Bertz CT molecular complexity index is 513. The standard InChI is InChI=1S/C25H68N12P4/c26-4-9-30-10-19-37(20-12-31-11-18-36(17-7-29)21-13-33-41-39)25-23-34(14-3-1-2-8-32-40-38)22-24-35(15-5-27)16-6-28/h30-33,40-41H,1-29,38-39H2. The summed E-state index contributed by atoms with van der Waals surface area (Å²) >= 11 is 0. The van der Waals surface area contributed by atoms with Crippen molar-refractivity contribution in [2.24, 2.45) is 22.9 Å². The maximum absolute atomic E-state index is 5.86. The highest BCUT2D eigenvalue weighted by atomic mass is 32.0. The third kappa shape index (κ3) is 28.5. The number of nitrogens with one attached hydrogen (secondary N) is 4. The summed E-state index contributed by atoms with van der Waals surface area (Å²) in [6, 6.07) is 0. The Morgan fingerprint density at radius 3 is 1.29 bits per heavy atom. The van der Waals surface area contributed by atoms with Crippen LogP contribution in [0.25, 0.3) is 0 Å². The van der Waals surface area contributed by atoms with Gasteiger partial charge in [0.05, 0.1) is 0 Å². The summed E-state index contributed by atoms with van der Waals surface area (Å²) in [5.41, 5.74) is 23.2. The van der Waals surface area contributed by atoms with Crippen molar-refractivity contribution in [2.75, 3.05) is 144 Å². The van der Waals surface area contributed by atoms with Crippen molar-refractivity contribution < 1.29 is 0 Å². The summed E-state index contributed by atoms with van der Waals surface area (Å²) in [5.74, 6) is 0. The van der Waals surface area contributed by atoms with Crippen molar-refractivity contribution in [2.45, 2.75) is 19.3 Å². The molecule has 0 aliphatic rings. The molecule has 4 atom stereocenters. The second-order valence-electron chi connectivity index (χ2n) is 10.2. The van der Waals surface area contributed by atoms with Gasteiger partial charge < -0.3 is 38.5 Å². The normalized spacial score (nSPS) is 12.7. The van der Waals surface area contributed by atoms with Crippen molar-refractivity contribution in [1.82, 2.24) is 40.4 Å². The molecule has 12 N–H and O–H groups in total. The third-order valence-electron chi connectivity index (χ3n) is 6.97. The van der Waals surface area contributed by atoms with Gasteiger partial charge in [0.1, 0.15) is 0 Å². The van der Waals surface area contributed by atoms with Gasteiger partial charge in [0.2, 0.25) is 0 Å². The topological polar surface area (TPSA) is 165 Å². The molecule has 0 radical (unpaired) electrons. The Labute approximate surface area is 260 Å². The second-order valence-corrected chi connectivity index (χ2v) is 13.2. The number of unbranched alkanes of at least 4 members (excludes halogenated alkanes) is 2. The van der Waals surface area contributed by atoms with E-state index in [1.807, 2.05) is 0 Å². The van der Waals surface area contributed by atoms with Gasteiger partial charge in [0.15, 0.2) is 0 Å². The van der Waals surface area contributed by atoms with Crippen molar-refractivity contribution in [3.63, 3.8) is 0 Å². The predicted molar refractivity (Wildman–Crippen MR) is 194 cm³/mol. The minimum atomic E-state index is 0.677. The Hall–Kier alpha value is 1.24. The van der Waals surface area contributed by atoms with Crippen LogP contribution in [0.5, 0.6) is 0 Å². The monoisotopic (exact) mass is 660 g/mol. The Morgan fingerprint density at radius 1 is 0.390 bits per heavy atom. The highest BCUT2D eigenvalue weighted by molar-refractivity contribution is 8.02. The Morgan fingerprint density at radius 2 is 0.805 bits per heavy atom. The lowest BCUT2D eigenvalue weighted by molar-refractivity contribution is 0.175. The van der Waals surface area contributed by atoms with Crippen LogP contribution in [0, 0.1) is 0 Å². The lowest BCUT2D eigenvalue weighted by atomic mass is 10.2. The van der Waals surface area contributed by atoms with E-state index in [0.29, 0.717) is 34.6 Å². The molecule has 0 aliphatic heterocycles. The summed E-state index contributed by atoms with van der Waals surface area (Å²) in [5, 5.41) is 14.0. The van der Waals surface area contributed by atoms with Crippen LogP contribution in [-0.2, 0) is 0 Å². The first-order chi connectivity index (χ1) is 20.1. The molecule has 16 heteroatoms. The van der Waals surface area contributed by atoms with E-state index in [1.165, 1.54) is 19.3 Å². The van der Waals surface area contributed by atoms with Crippen molar-refractivity contribution in [1.29, 1.82) is 0 Å². The summed E-state index contributed by atoms with van der Waals surface area (Å²) in [4.78, 5) is 10.1. The molecule has 0 saturated carbocycles. The van der Waals surface area contributed by atoms with E-state index in [-0.39, 0.29) is 0 Å². The maximum Gasteiger partial charge on any atom is 0.0119 e. The first kappa shape index (κ1) is 42.2. The number of rotatable bonds is 34. The largest absolute Gasteiger partial charge is 0.329 e. The highest BCUT2D eigenvalue weighted by Crippen LogP contribution is 2.13. The first-order valence-corrected chi connectivity index (χ1v) is 21.2. The third-order valence-corrected chi connectivity index (χ3v) is 9.10. The van der Waals surface area contributed by atoms with Crippen LogP contribution in [0.4, 0.5) is 0 Å². The molecule has 41 heavy (non-hydrogen) atoms. The molecular formula is C25H68N12P4. The molecule has 0 aromatic heterocycles. The fraction of sp³-hybridized carbons (Fsp3) is 1.00. The Balaban J connectivity index is 4.82. The van der Waals surface area contributed by atoms with Gasteiger partial charge >= 0.3 is 0 Å². The van der Waals surface area contributed by atoms with Crippen LogP contribution in [0.1, 0.15) is 19.3 Å². The first-order valence-electron chi connectivity index (χ1n) is 15.6. The molecule has 0 aliphatic carbocycles. The predicted octanol–water partition coefficient (Wildman–Crippen LogP) is -1.67. The van der Waals surface area contributed by atoms with Crippen molar-refractivity contribution in [3.8, 4) is 0 Å². The van der Waals surface area contributed by atoms with Gasteiger partial charge in [-0.15, -0.1) is 0 Å². The molecule has 0 aromatic rings. The summed E-state index contributed by atoms with van der Waals surface area (Å²) in [7, 11) is 6.97. The molecular weight excluding hydrogens is 592 g/mol. The number of hydrogen-bond donors (Lipinski definition) is 8. The van der Waals surface area contributed by atoms with Gasteiger partial charge in [-0.05, 0) is 42.8 Å². The second kappa shape index (κ2) is 34.1. The minimum Gasteiger partial charge on any atom is -0.329 e. The zero-order chi connectivity index (χ0) is 30.2. The fourth-order valence-corrected chi connectivity index (χ4v) is 6.05. The molecule has 0 rings (SSSR count). The van der Waals surface area contributed by atoms with E-state index < -0.39 is 0 Å². The van der Waals surface area contributed by atoms with Crippen LogP contribution < -0.4 is 43.7 Å². The SMILES string of the molecule is NCCNCCN(CCNCCN(CCN)CCNPP)CCN(CCCCCNPP)CCN(CCN)CCN. The van der Waals surface area contributed by atoms with Crippen LogP contribution in [0.2, 0.25) is 0 Å². The maximum atomic E-state index is 5.86. The highest BCUT2D eigenvalue weighted by Gasteiger charge is 2.12. The smallest absolute Gasteiger partial charge is 0.0119 e. The van der Waals surface area contributed by atoms with E-state index >= 15 is 0 Å². The van der Waals surface area contributed by atoms with Crippen molar-refractivity contribution in [3.05, 3.63) is 0 Å². The average Bonchev–Trinajstić information content (AvgIpc) is 2.97. The average molecular weight is 661 g/mol. The lowest BCUT2D eigenvalue weighted by Crippen LogP contribution is -2.45. The van der Waals surface area contributed by atoms with Crippen molar-refractivity contribution >= 4 is 34.7 Å². The fourth-order valence-electron chi connectivity index (χ4n) is 4.60. The zero-order valence-electron chi connectivity index (χ0n) is 25.9. The van der Waals surface area contributed by atoms with E-state index in [0.717, 1.165) is 126 Å². The molecule has 0 spiro atoms. The molecule has 4 unspecified atom stereocenters. The van der Waals surface area contributed by atoms with Crippen LogP contribution in [0.15, 0.2) is 0 Å². The van der Waals surface area contributed by atoms with Crippen LogP contribution in [-0.4, -0.2) is 164 Å². The zero-order valence-corrected chi connectivity index (χ0v) is 30.2. The number of nitrogens with two attached hydrogens (primary N) is 4. The summed E-state index contributed by atoms with van der Waals surface area (Å²) in [6.45, 7) is 20.9. The van der Waals surface area contributed by atoms with Crippen LogP contribution in [0.3, 0.4) is 0 Å².